The van der Waals surface area contributed by atoms with E-state index in [0.29, 0.717) is 0 Å². The zero-order chi connectivity index (χ0) is 13.0. The molecule has 0 saturated carbocycles. The number of allylic oxidation sites excluding steroid dienone is 8. The van der Waals surface area contributed by atoms with Crippen LogP contribution in [0.5, 0.6) is 0 Å². The van der Waals surface area contributed by atoms with Crippen LogP contribution in [0.25, 0.3) is 0 Å². The van der Waals surface area contributed by atoms with Gasteiger partial charge in [-0.05, 0) is 47.9 Å². The Labute approximate surface area is 111 Å². The number of hydrogen-bond donors (Lipinski definition) is 1. The number of nitrogens with one attached hydrogen (secondary N) is 1. The summed E-state index contributed by atoms with van der Waals surface area (Å²) in [5.41, 5.74) is 3.69. The van der Waals surface area contributed by atoms with Crippen molar-refractivity contribution in [3.63, 3.8) is 0 Å². The van der Waals surface area contributed by atoms with Crippen LogP contribution in [-0.4, -0.2) is 24.7 Å². The number of carbonyl (C=O) groups is 2. The molecule has 3 aliphatic carbocycles. The summed E-state index contributed by atoms with van der Waals surface area (Å²) in [6.07, 6.45) is 11.5. The molecule has 19 heavy (non-hydrogen) atoms. The first-order valence-corrected chi connectivity index (χ1v) is 6.55. The molecule has 1 heterocycles. The fourth-order valence-corrected chi connectivity index (χ4v) is 3.64. The van der Waals surface area contributed by atoms with Gasteiger partial charge in [0.15, 0.2) is 11.6 Å². The average Bonchev–Trinajstić information content (AvgIpc) is 2.98. The zero-order valence-electron chi connectivity index (χ0n) is 10.4. The molecule has 4 aliphatic rings. The van der Waals surface area contributed by atoms with Crippen LogP contribution in [0.3, 0.4) is 0 Å². The molecule has 0 bridgehead atoms. The fourth-order valence-electron chi connectivity index (χ4n) is 3.64. The molecule has 3 nitrogen and oxygen atoms in total. The van der Waals surface area contributed by atoms with E-state index < -0.39 is 0 Å². The van der Waals surface area contributed by atoms with Crippen LogP contribution in [0.1, 0.15) is 6.42 Å². The van der Waals surface area contributed by atoms with Crippen molar-refractivity contribution in [2.75, 3.05) is 13.1 Å². The molecule has 0 aromatic heterocycles. The third-order valence-electron chi connectivity index (χ3n) is 4.47. The molecule has 1 N–H and O–H groups in total. The molecule has 3 heteroatoms. The molecule has 0 radical (unpaired) electrons. The molecular formula is C16H13NO2. The summed E-state index contributed by atoms with van der Waals surface area (Å²) in [7, 11) is 0. The Kier molecular flexibility index (Phi) is 2.01. The van der Waals surface area contributed by atoms with E-state index in [1.165, 1.54) is 0 Å². The van der Waals surface area contributed by atoms with E-state index >= 15 is 0 Å². The Hall–Kier alpha value is -2.00. The lowest BCUT2D eigenvalue weighted by molar-refractivity contribution is -0.111. The maximum Gasteiger partial charge on any atom is 0.186 e. The van der Waals surface area contributed by atoms with Crippen LogP contribution in [0.15, 0.2) is 58.7 Å². The van der Waals surface area contributed by atoms with Crippen molar-refractivity contribution in [2.24, 2.45) is 5.41 Å². The zero-order valence-corrected chi connectivity index (χ0v) is 10.4. The van der Waals surface area contributed by atoms with Gasteiger partial charge in [0.25, 0.3) is 0 Å². The molecule has 0 aromatic rings. The summed E-state index contributed by atoms with van der Waals surface area (Å²) in [4.78, 5) is 23.9. The Balaban J connectivity index is 2.02. The second kappa shape index (κ2) is 3.52. The highest BCUT2D eigenvalue weighted by molar-refractivity contribution is 6.14. The number of ketones is 2. The lowest BCUT2D eigenvalue weighted by Crippen LogP contribution is -2.27. The number of carbonyl (C=O) groups excluding carboxylic acids is 2. The van der Waals surface area contributed by atoms with E-state index in [-0.39, 0.29) is 17.0 Å². The molecule has 4 rings (SSSR count). The summed E-state index contributed by atoms with van der Waals surface area (Å²) in [5.74, 6) is 0.0754. The smallest absolute Gasteiger partial charge is 0.186 e. The highest BCUT2D eigenvalue weighted by Gasteiger charge is 2.50. The van der Waals surface area contributed by atoms with Gasteiger partial charge in [-0.2, -0.15) is 0 Å². The van der Waals surface area contributed by atoms with Gasteiger partial charge < -0.3 is 5.32 Å². The summed E-state index contributed by atoms with van der Waals surface area (Å²) < 4.78 is 0. The monoisotopic (exact) mass is 251 g/mol. The lowest BCUT2D eigenvalue weighted by atomic mass is 9.73. The second-order valence-corrected chi connectivity index (χ2v) is 5.39. The van der Waals surface area contributed by atoms with Crippen LogP contribution in [-0.2, 0) is 9.59 Å². The Morgan fingerprint density at radius 2 is 2.00 bits per heavy atom. The first-order valence-electron chi connectivity index (χ1n) is 6.55. The first kappa shape index (κ1) is 10.9. The largest absolute Gasteiger partial charge is 0.315 e. The average molecular weight is 251 g/mol. The number of fused-ring (bicyclic) bond motifs is 4. The van der Waals surface area contributed by atoms with Crippen LogP contribution < -0.4 is 5.32 Å². The van der Waals surface area contributed by atoms with E-state index in [4.69, 9.17) is 0 Å². The number of hydrogen-bond acceptors (Lipinski definition) is 3. The quantitative estimate of drug-likeness (QED) is 0.708. The van der Waals surface area contributed by atoms with Gasteiger partial charge in [0, 0.05) is 17.5 Å². The molecule has 1 aliphatic heterocycles. The van der Waals surface area contributed by atoms with Crippen LogP contribution >= 0.6 is 0 Å². The van der Waals surface area contributed by atoms with Crippen LogP contribution in [0.4, 0.5) is 0 Å². The molecule has 94 valence electrons. The molecular weight excluding hydrogens is 238 g/mol. The fraction of sp³-hybridized carbons (Fsp3) is 0.250. The third kappa shape index (κ3) is 1.25. The summed E-state index contributed by atoms with van der Waals surface area (Å²) in [5, 5.41) is 3.37. The van der Waals surface area contributed by atoms with Gasteiger partial charge in [0.1, 0.15) is 0 Å². The molecule has 1 saturated heterocycles. The minimum absolute atomic E-state index is 0.0188. The van der Waals surface area contributed by atoms with Crippen LogP contribution in [0, 0.1) is 5.41 Å². The van der Waals surface area contributed by atoms with Crippen molar-refractivity contribution in [1.29, 1.82) is 0 Å². The van der Waals surface area contributed by atoms with Gasteiger partial charge in [-0.3, -0.25) is 9.59 Å². The lowest BCUT2D eigenvalue weighted by Gasteiger charge is -2.29. The SMILES string of the molecule is O=C1C=CC2=C3C(=O)C=CC=C3C3(CCNC3)C2=C1. The van der Waals surface area contributed by atoms with E-state index in [1.807, 2.05) is 18.2 Å². The van der Waals surface area contributed by atoms with Gasteiger partial charge in [-0.25, -0.2) is 0 Å². The van der Waals surface area contributed by atoms with Crippen molar-refractivity contribution >= 4 is 11.6 Å². The van der Waals surface area contributed by atoms with Crippen molar-refractivity contribution < 1.29 is 9.59 Å². The highest BCUT2D eigenvalue weighted by Crippen LogP contribution is 2.56. The van der Waals surface area contributed by atoms with Crippen LogP contribution in [0.2, 0.25) is 0 Å². The molecule has 1 atom stereocenters. The predicted molar refractivity (Wildman–Crippen MR) is 71.4 cm³/mol. The summed E-state index contributed by atoms with van der Waals surface area (Å²) >= 11 is 0. The van der Waals surface area contributed by atoms with E-state index in [1.54, 1.807) is 18.2 Å². The Bertz CT molecular complexity index is 665. The van der Waals surface area contributed by atoms with Crippen molar-refractivity contribution in [2.45, 2.75) is 6.42 Å². The predicted octanol–water partition coefficient (Wildman–Crippen LogP) is 1.41. The Morgan fingerprint density at radius 3 is 2.79 bits per heavy atom. The second-order valence-electron chi connectivity index (χ2n) is 5.39. The van der Waals surface area contributed by atoms with Gasteiger partial charge in [0.05, 0.1) is 0 Å². The maximum absolute atomic E-state index is 12.2. The van der Waals surface area contributed by atoms with Crippen molar-refractivity contribution in [1.82, 2.24) is 5.32 Å². The topological polar surface area (TPSA) is 46.2 Å². The number of rotatable bonds is 0. The molecule has 0 aromatic carbocycles. The van der Waals surface area contributed by atoms with Gasteiger partial charge >= 0.3 is 0 Å². The van der Waals surface area contributed by atoms with Crippen molar-refractivity contribution in [3.8, 4) is 0 Å². The minimum Gasteiger partial charge on any atom is -0.315 e. The molecule has 1 unspecified atom stereocenters. The van der Waals surface area contributed by atoms with Crippen molar-refractivity contribution in [3.05, 3.63) is 58.7 Å². The standard InChI is InChI=1S/C16H13NO2/c18-10-4-5-11-13(8-10)16(6-7-17-9-16)12-2-1-3-14(19)15(11)12/h1-5,8,17H,6-7,9H2. The van der Waals surface area contributed by atoms with Gasteiger partial charge in [-0.15, -0.1) is 0 Å². The first-order chi connectivity index (χ1) is 9.22. The van der Waals surface area contributed by atoms with Gasteiger partial charge in [0.2, 0.25) is 0 Å². The minimum atomic E-state index is -0.175. The third-order valence-corrected chi connectivity index (χ3v) is 4.47. The molecule has 0 amide bonds. The maximum atomic E-state index is 12.2. The van der Waals surface area contributed by atoms with E-state index in [2.05, 4.69) is 5.32 Å². The van der Waals surface area contributed by atoms with E-state index in [9.17, 15) is 9.59 Å². The van der Waals surface area contributed by atoms with E-state index in [0.717, 1.165) is 41.8 Å². The Morgan fingerprint density at radius 1 is 1.11 bits per heavy atom. The summed E-state index contributed by atoms with van der Waals surface area (Å²) in [6.45, 7) is 1.73. The molecule has 1 fully saturated rings. The van der Waals surface area contributed by atoms with Gasteiger partial charge in [-0.1, -0.05) is 18.2 Å². The normalized spacial score (nSPS) is 31.8. The highest BCUT2D eigenvalue weighted by atomic mass is 16.1. The molecule has 1 spiro atoms. The summed E-state index contributed by atoms with van der Waals surface area (Å²) in [6, 6.07) is 0.